The summed E-state index contributed by atoms with van der Waals surface area (Å²) < 4.78 is 5.93. The lowest BCUT2D eigenvalue weighted by molar-refractivity contribution is 0.0992. The second-order valence-corrected chi connectivity index (χ2v) is 6.86. The summed E-state index contributed by atoms with van der Waals surface area (Å²) in [6, 6.07) is 10.8. The Labute approximate surface area is 172 Å². The second kappa shape index (κ2) is 8.99. The number of benzene rings is 1. The number of pyridine rings is 1. The second-order valence-electron chi connectivity index (χ2n) is 6.86. The third-order valence-electron chi connectivity index (χ3n) is 5.14. The molecule has 0 amide bonds. The van der Waals surface area contributed by atoms with Gasteiger partial charge in [0, 0.05) is 24.7 Å². The number of nitrogens with one attached hydrogen (secondary N) is 2. The van der Waals surface area contributed by atoms with Crippen LogP contribution < -0.4 is 10.6 Å². The van der Waals surface area contributed by atoms with Gasteiger partial charge in [-0.1, -0.05) is 24.3 Å². The Morgan fingerprint density at radius 1 is 1.27 bits per heavy atom. The topological polar surface area (TPSA) is 58.5 Å². The highest BCUT2D eigenvalue weighted by molar-refractivity contribution is 14.0. The lowest BCUT2D eigenvalue weighted by Gasteiger charge is -2.22. The number of nitrogens with zero attached hydrogens (tertiary/aromatic N) is 2. The molecule has 2 bridgehead atoms. The lowest BCUT2D eigenvalue weighted by Crippen LogP contribution is -2.47. The zero-order valence-electron chi connectivity index (χ0n) is 15.1. The van der Waals surface area contributed by atoms with E-state index in [2.05, 4.69) is 46.8 Å². The van der Waals surface area contributed by atoms with Crippen molar-refractivity contribution in [3.63, 3.8) is 0 Å². The Hall–Kier alpha value is -1.41. The Kier molecular flexibility index (Phi) is 6.69. The molecule has 4 rings (SSSR count). The molecular weight excluding hydrogens is 439 g/mol. The fourth-order valence-electron chi connectivity index (χ4n) is 3.94. The quantitative estimate of drug-likeness (QED) is 0.404. The summed E-state index contributed by atoms with van der Waals surface area (Å²) in [6.07, 6.45) is 7.04. The highest BCUT2D eigenvalue weighted by Crippen LogP contribution is 2.34. The molecule has 2 N–H and O–H groups in total. The molecule has 3 atom stereocenters. The van der Waals surface area contributed by atoms with Gasteiger partial charge in [0.2, 0.25) is 0 Å². The molecular formula is C20H27IN4O. The Balaban J connectivity index is 0.00000196. The first kappa shape index (κ1) is 19.4. The van der Waals surface area contributed by atoms with Crippen molar-refractivity contribution in [1.82, 2.24) is 15.6 Å². The first-order valence-corrected chi connectivity index (χ1v) is 9.36. The van der Waals surface area contributed by atoms with E-state index in [1.165, 1.54) is 23.8 Å². The molecule has 2 aromatic rings. The van der Waals surface area contributed by atoms with Gasteiger partial charge in [-0.2, -0.15) is 0 Å². The lowest BCUT2D eigenvalue weighted by atomic mass is 9.96. The van der Waals surface area contributed by atoms with E-state index < -0.39 is 0 Å². The minimum absolute atomic E-state index is 0. The fraction of sp³-hybridized carbons (Fsp3) is 0.500. The van der Waals surface area contributed by atoms with Crippen LogP contribution in [-0.2, 0) is 11.2 Å². The maximum atomic E-state index is 5.93. The van der Waals surface area contributed by atoms with Gasteiger partial charge in [0.25, 0.3) is 0 Å². The van der Waals surface area contributed by atoms with Gasteiger partial charge in [0.15, 0.2) is 5.96 Å². The fourth-order valence-corrected chi connectivity index (χ4v) is 3.94. The van der Waals surface area contributed by atoms with Gasteiger partial charge in [0.05, 0.1) is 23.8 Å². The first-order chi connectivity index (χ1) is 12.3. The summed E-state index contributed by atoms with van der Waals surface area (Å²) in [6.45, 7) is 3.71. The number of ether oxygens (including phenoxy) is 1. The summed E-state index contributed by atoms with van der Waals surface area (Å²) in [7, 11) is 0. The molecule has 140 valence electrons. The van der Waals surface area contributed by atoms with Crippen LogP contribution in [0.4, 0.5) is 0 Å². The summed E-state index contributed by atoms with van der Waals surface area (Å²) in [5.41, 5.74) is 2.33. The van der Waals surface area contributed by atoms with Crippen molar-refractivity contribution in [2.45, 2.75) is 50.9 Å². The molecule has 0 aliphatic carbocycles. The van der Waals surface area contributed by atoms with Crippen molar-refractivity contribution in [1.29, 1.82) is 0 Å². The Morgan fingerprint density at radius 3 is 2.92 bits per heavy atom. The molecule has 1 aromatic heterocycles. The maximum absolute atomic E-state index is 5.93. The number of hydrogen-bond donors (Lipinski definition) is 2. The van der Waals surface area contributed by atoms with Crippen LogP contribution in [0.15, 0.2) is 41.5 Å². The molecule has 2 aliphatic rings. The predicted molar refractivity (Wildman–Crippen MR) is 116 cm³/mol. The zero-order valence-corrected chi connectivity index (χ0v) is 17.5. The normalized spacial score (nSPS) is 24.5. The van der Waals surface area contributed by atoms with E-state index in [1.54, 1.807) is 0 Å². The van der Waals surface area contributed by atoms with Crippen molar-refractivity contribution in [2.24, 2.45) is 4.99 Å². The molecule has 2 fully saturated rings. The molecule has 3 unspecified atom stereocenters. The van der Waals surface area contributed by atoms with Crippen molar-refractivity contribution < 1.29 is 4.74 Å². The van der Waals surface area contributed by atoms with Gasteiger partial charge < -0.3 is 15.4 Å². The average molecular weight is 466 g/mol. The number of guanidine groups is 1. The number of halogens is 1. The smallest absolute Gasteiger partial charge is 0.191 e. The summed E-state index contributed by atoms with van der Waals surface area (Å²) in [5, 5.41) is 8.12. The van der Waals surface area contributed by atoms with E-state index in [9.17, 15) is 0 Å². The molecule has 3 heterocycles. The van der Waals surface area contributed by atoms with Gasteiger partial charge >= 0.3 is 0 Å². The van der Waals surface area contributed by atoms with Crippen LogP contribution in [0.25, 0.3) is 10.9 Å². The molecule has 26 heavy (non-hydrogen) atoms. The molecule has 2 aliphatic heterocycles. The number of aromatic nitrogens is 1. The van der Waals surface area contributed by atoms with E-state index in [1.807, 2.05) is 12.3 Å². The van der Waals surface area contributed by atoms with Crippen LogP contribution in [0.1, 0.15) is 31.7 Å². The van der Waals surface area contributed by atoms with Crippen LogP contribution in [0.2, 0.25) is 0 Å². The van der Waals surface area contributed by atoms with Gasteiger partial charge in [-0.3, -0.25) is 9.98 Å². The monoisotopic (exact) mass is 466 g/mol. The van der Waals surface area contributed by atoms with E-state index >= 15 is 0 Å². The summed E-state index contributed by atoms with van der Waals surface area (Å²) >= 11 is 0. The number of aliphatic imine (C=N–C) groups is 1. The molecule has 1 aromatic carbocycles. The van der Waals surface area contributed by atoms with Crippen molar-refractivity contribution in [2.75, 3.05) is 13.1 Å². The predicted octanol–water partition coefficient (Wildman–Crippen LogP) is 3.27. The van der Waals surface area contributed by atoms with E-state index in [4.69, 9.17) is 9.73 Å². The minimum atomic E-state index is 0. The van der Waals surface area contributed by atoms with Crippen LogP contribution >= 0.6 is 24.0 Å². The largest absolute Gasteiger partial charge is 0.373 e. The molecule has 0 radical (unpaired) electrons. The van der Waals surface area contributed by atoms with Gasteiger partial charge in [-0.25, -0.2) is 0 Å². The maximum Gasteiger partial charge on any atom is 0.191 e. The van der Waals surface area contributed by atoms with Crippen LogP contribution in [-0.4, -0.2) is 42.3 Å². The third kappa shape index (κ3) is 4.28. The first-order valence-electron chi connectivity index (χ1n) is 9.36. The zero-order chi connectivity index (χ0) is 17.1. The highest BCUT2D eigenvalue weighted by atomic mass is 127. The Bertz CT molecular complexity index is 761. The minimum Gasteiger partial charge on any atom is -0.373 e. The number of para-hydroxylation sites is 1. The van der Waals surface area contributed by atoms with E-state index in [0.717, 1.165) is 37.4 Å². The Morgan fingerprint density at radius 2 is 2.15 bits per heavy atom. The van der Waals surface area contributed by atoms with Crippen molar-refractivity contribution >= 4 is 40.8 Å². The van der Waals surface area contributed by atoms with Crippen LogP contribution in [0.5, 0.6) is 0 Å². The molecule has 6 heteroatoms. The standard InChI is InChI=1S/C20H26N4O.HI/c1-2-21-20(24-17-13-16-8-9-18(17)25-16)23-12-10-15-6-3-5-14-7-4-11-22-19(14)15;/h3-7,11,16-18H,2,8-10,12-13H2,1H3,(H2,21,23,24);1H. The highest BCUT2D eigenvalue weighted by Gasteiger charge is 2.41. The molecule has 0 saturated carbocycles. The number of hydrogen-bond acceptors (Lipinski definition) is 3. The van der Waals surface area contributed by atoms with Gasteiger partial charge in [-0.15, -0.1) is 24.0 Å². The SMILES string of the molecule is CCNC(=NCCc1cccc2cccnc12)NC1CC2CCC1O2.I. The number of fused-ring (bicyclic) bond motifs is 3. The summed E-state index contributed by atoms with van der Waals surface area (Å²) in [5.74, 6) is 0.900. The molecule has 0 spiro atoms. The van der Waals surface area contributed by atoms with E-state index in [-0.39, 0.29) is 24.0 Å². The summed E-state index contributed by atoms with van der Waals surface area (Å²) in [4.78, 5) is 9.30. The van der Waals surface area contributed by atoms with Gasteiger partial charge in [0.1, 0.15) is 0 Å². The average Bonchev–Trinajstić information content (AvgIpc) is 3.25. The van der Waals surface area contributed by atoms with Crippen LogP contribution in [0, 0.1) is 0 Å². The number of rotatable bonds is 5. The molecule has 5 nitrogen and oxygen atoms in total. The van der Waals surface area contributed by atoms with Crippen molar-refractivity contribution in [3.05, 3.63) is 42.1 Å². The third-order valence-corrected chi connectivity index (χ3v) is 5.14. The molecule has 2 saturated heterocycles. The van der Waals surface area contributed by atoms with E-state index in [0.29, 0.717) is 18.2 Å². The van der Waals surface area contributed by atoms with Crippen LogP contribution in [0.3, 0.4) is 0 Å². The van der Waals surface area contributed by atoms with Gasteiger partial charge in [-0.05, 0) is 44.2 Å². The van der Waals surface area contributed by atoms with Crippen molar-refractivity contribution in [3.8, 4) is 0 Å².